The first kappa shape index (κ1) is 22.9. The highest BCUT2D eigenvalue weighted by Gasteiger charge is 2.23. The number of benzene rings is 2. The molecule has 0 aliphatic carbocycles. The van der Waals surface area contributed by atoms with Crippen LogP contribution in [0.15, 0.2) is 29.2 Å². The van der Waals surface area contributed by atoms with Gasteiger partial charge in [0.05, 0.1) is 12.0 Å². The van der Waals surface area contributed by atoms with Crippen molar-refractivity contribution in [3.63, 3.8) is 0 Å². The summed E-state index contributed by atoms with van der Waals surface area (Å²) in [6, 6.07) is 7.42. The van der Waals surface area contributed by atoms with E-state index in [4.69, 9.17) is 4.74 Å². The van der Waals surface area contributed by atoms with Crippen molar-refractivity contribution in [2.75, 3.05) is 13.7 Å². The zero-order valence-electron chi connectivity index (χ0n) is 18.0. The van der Waals surface area contributed by atoms with E-state index in [0.717, 1.165) is 39.1 Å². The summed E-state index contributed by atoms with van der Waals surface area (Å²) in [5.74, 6) is 0.499. The normalized spacial score (nSPS) is 11.4. The fourth-order valence-corrected chi connectivity index (χ4v) is 4.94. The summed E-state index contributed by atoms with van der Waals surface area (Å²) in [6.07, 6.45) is 0.0606. The number of hydrogen-bond donors (Lipinski definition) is 2. The Morgan fingerprint density at radius 2 is 1.55 bits per heavy atom. The van der Waals surface area contributed by atoms with Crippen LogP contribution >= 0.6 is 0 Å². The van der Waals surface area contributed by atoms with Crippen LogP contribution in [0.5, 0.6) is 5.75 Å². The van der Waals surface area contributed by atoms with E-state index in [1.165, 1.54) is 0 Å². The molecule has 29 heavy (non-hydrogen) atoms. The van der Waals surface area contributed by atoms with Crippen molar-refractivity contribution < 1.29 is 17.9 Å². The van der Waals surface area contributed by atoms with Gasteiger partial charge in [-0.15, -0.1) is 0 Å². The second kappa shape index (κ2) is 9.41. The molecule has 0 radical (unpaired) electrons. The number of rotatable bonds is 8. The standard InChI is InChI=1S/C22H30N2O4S/c1-14-15(2)17(4)22(18(5)16(14)3)29(26,27)24-11-10-21(25)23-13-19-8-7-9-20(12-19)28-6/h7-9,12,24H,10-11,13H2,1-6H3,(H,23,25). The average molecular weight is 419 g/mol. The molecule has 2 rings (SSSR count). The zero-order chi connectivity index (χ0) is 21.8. The second-order valence-electron chi connectivity index (χ2n) is 7.23. The molecule has 0 fully saturated rings. The molecule has 7 heteroatoms. The molecule has 0 atom stereocenters. The van der Waals surface area contributed by atoms with Crippen molar-refractivity contribution in [2.24, 2.45) is 0 Å². The van der Waals surface area contributed by atoms with Gasteiger partial charge in [0.2, 0.25) is 15.9 Å². The number of amides is 1. The first-order valence-electron chi connectivity index (χ1n) is 9.54. The van der Waals surface area contributed by atoms with Gasteiger partial charge in [-0.2, -0.15) is 0 Å². The fraction of sp³-hybridized carbons (Fsp3) is 0.409. The molecule has 6 nitrogen and oxygen atoms in total. The summed E-state index contributed by atoms with van der Waals surface area (Å²) in [5.41, 5.74) is 5.47. The summed E-state index contributed by atoms with van der Waals surface area (Å²) in [7, 11) is -2.11. The van der Waals surface area contributed by atoms with Crippen molar-refractivity contribution in [1.82, 2.24) is 10.0 Å². The summed E-state index contributed by atoms with van der Waals surface area (Å²) in [5, 5.41) is 2.80. The van der Waals surface area contributed by atoms with Gasteiger partial charge in [0, 0.05) is 19.5 Å². The van der Waals surface area contributed by atoms with Gasteiger partial charge < -0.3 is 10.1 Å². The van der Waals surface area contributed by atoms with Gasteiger partial charge in [-0.05, 0) is 80.1 Å². The van der Waals surface area contributed by atoms with Crippen molar-refractivity contribution in [2.45, 2.75) is 52.5 Å². The zero-order valence-corrected chi connectivity index (χ0v) is 18.8. The molecule has 2 aromatic carbocycles. The van der Waals surface area contributed by atoms with Crippen LogP contribution in [0, 0.1) is 34.6 Å². The van der Waals surface area contributed by atoms with Gasteiger partial charge in [-0.1, -0.05) is 12.1 Å². The van der Waals surface area contributed by atoms with E-state index in [1.807, 2.05) is 58.9 Å². The van der Waals surface area contributed by atoms with Crippen LogP contribution < -0.4 is 14.8 Å². The second-order valence-corrected chi connectivity index (χ2v) is 8.93. The topological polar surface area (TPSA) is 84.5 Å². The molecule has 0 unspecified atom stereocenters. The van der Waals surface area contributed by atoms with Gasteiger partial charge >= 0.3 is 0 Å². The van der Waals surface area contributed by atoms with E-state index >= 15 is 0 Å². The number of sulfonamides is 1. The minimum absolute atomic E-state index is 0.0388. The van der Waals surface area contributed by atoms with Crippen molar-refractivity contribution in [1.29, 1.82) is 0 Å². The lowest BCUT2D eigenvalue weighted by molar-refractivity contribution is -0.121. The van der Waals surface area contributed by atoms with Crippen LogP contribution in [0.2, 0.25) is 0 Å². The average Bonchev–Trinajstić information content (AvgIpc) is 2.69. The van der Waals surface area contributed by atoms with E-state index in [-0.39, 0.29) is 18.9 Å². The summed E-state index contributed by atoms with van der Waals surface area (Å²) in [6.45, 7) is 9.91. The maximum absolute atomic E-state index is 12.9. The number of hydrogen-bond acceptors (Lipinski definition) is 4. The molecule has 0 bridgehead atoms. The van der Waals surface area contributed by atoms with Gasteiger partial charge in [0.25, 0.3) is 0 Å². The first-order chi connectivity index (χ1) is 13.6. The molecule has 1 amide bonds. The summed E-state index contributed by atoms with van der Waals surface area (Å²) < 4.78 is 33.5. The highest BCUT2D eigenvalue weighted by Crippen LogP contribution is 2.29. The van der Waals surface area contributed by atoms with Crippen LogP contribution in [0.3, 0.4) is 0 Å². The molecule has 0 saturated heterocycles. The minimum Gasteiger partial charge on any atom is -0.497 e. The highest BCUT2D eigenvalue weighted by atomic mass is 32.2. The van der Waals surface area contributed by atoms with Crippen LogP contribution in [-0.2, 0) is 21.4 Å². The van der Waals surface area contributed by atoms with Crippen molar-refractivity contribution in [3.8, 4) is 5.75 Å². The van der Waals surface area contributed by atoms with Gasteiger partial charge in [-0.25, -0.2) is 13.1 Å². The van der Waals surface area contributed by atoms with E-state index < -0.39 is 10.0 Å². The Kier molecular flexibility index (Phi) is 7.43. The molecule has 0 aliphatic rings. The maximum Gasteiger partial charge on any atom is 0.241 e. The molecular formula is C22H30N2O4S. The molecule has 158 valence electrons. The smallest absolute Gasteiger partial charge is 0.241 e. The first-order valence-corrected chi connectivity index (χ1v) is 11.0. The fourth-order valence-electron chi connectivity index (χ4n) is 3.31. The number of ether oxygens (including phenoxy) is 1. The van der Waals surface area contributed by atoms with Crippen LogP contribution in [0.4, 0.5) is 0 Å². The third kappa shape index (κ3) is 5.36. The predicted octanol–water partition coefficient (Wildman–Crippen LogP) is 3.22. The SMILES string of the molecule is COc1cccc(CNC(=O)CCNS(=O)(=O)c2c(C)c(C)c(C)c(C)c2C)c1. The number of nitrogens with one attached hydrogen (secondary N) is 2. The number of carbonyl (C=O) groups excluding carboxylic acids is 1. The number of carbonyl (C=O) groups is 1. The maximum atomic E-state index is 12.9. The largest absolute Gasteiger partial charge is 0.497 e. The molecule has 2 N–H and O–H groups in total. The lowest BCUT2D eigenvalue weighted by Crippen LogP contribution is -2.31. The van der Waals surface area contributed by atoms with Crippen LogP contribution in [0.25, 0.3) is 0 Å². The van der Waals surface area contributed by atoms with E-state index in [2.05, 4.69) is 10.0 Å². The Balaban J connectivity index is 1.98. The third-order valence-corrected chi connectivity index (χ3v) is 7.20. The molecule has 2 aromatic rings. The Labute approximate surface area is 173 Å². The highest BCUT2D eigenvalue weighted by molar-refractivity contribution is 7.89. The minimum atomic E-state index is -3.70. The third-order valence-electron chi connectivity index (χ3n) is 5.47. The molecule has 0 saturated carbocycles. The van der Waals surface area contributed by atoms with E-state index in [0.29, 0.717) is 11.4 Å². The Morgan fingerprint density at radius 1 is 0.966 bits per heavy atom. The van der Waals surface area contributed by atoms with Crippen molar-refractivity contribution >= 4 is 15.9 Å². The van der Waals surface area contributed by atoms with Crippen LogP contribution in [-0.4, -0.2) is 28.0 Å². The number of methoxy groups -OCH3 is 1. The quantitative estimate of drug-likeness (QED) is 0.689. The Morgan fingerprint density at radius 3 is 2.14 bits per heavy atom. The molecule has 0 spiro atoms. The molecular weight excluding hydrogens is 388 g/mol. The molecule has 0 heterocycles. The van der Waals surface area contributed by atoms with E-state index in [9.17, 15) is 13.2 Å². The summed E-state index contributed by atoms with van der Waals surface area (Å²) in [4.78, 5) is 12.4. The van der Waals surface area contributed by atoms with Gasteiger partial charge in [0.1, 0.15) is 5.75 Å². The van der Waals surface area contributed by atoms with Crippen LogP contribution in [0.1, 0.15) is 39.8 Å². The van der Waals surface area contributed by atoms with E-state index in [1.54, 1.807) is 7.11 Å². The van der Waals surface area contributed by atoms with Crippen molar-refractivity contribution in [3.05, 3.63) is 57.6 Å². The Bertz CT molecular complexity index is 985. The van der Waals surface area contributed by atoms with Gasteiger partial charge in [-0.3, -0.25) is 4.79 Å². The molecule has 0 aromatic heterocycles. The predicted molar refractivity (Wildman–Crippen MR) is 115 cm³/mol. The lowest BCUT2D eigenvalue weighted by atomic mass is 9.95. The summed E-state index contributed by atoms with van der Waals surface area (Å²) >= 11 is 0. The molecule has 0 aliphatic heterocycles. The Hall–Kier alpha value is -2.38. The lowest BCUT2D eigenvalue weighted by Gasteiger charge is -2.19. The van der Waals surface area contributed by atoms with Gasteiger partial charge in [0.15, 0.2) is 0 Å². The monoisotopic (exact) mass is 418 g/mol.